The molecule has 0 unspecified atom stereocenters. The van der Waals surface area contributed by atoms with Crippen LogP contribution in [0.5, 0.6) is 0 Å². The van der Waals surface area contributed by atoms with E-state index in [2.05, 4.69) is 18.4 Å². The van der Waals surface area contributed by atoms with E-state index in [1.807, 2.05) is 0 Å². The molecule has 1 heterocycles. The van der Waals surface area contributed by atoms with Crippen LogP contribution in [-0.4, -0.2) is 30.2 Å². The molecule has 1 amide bonds. The van der Waals surface area contributed by atoms with Gasteiger partial charge >= 0.3 is 6.09 Å². The van der Waals surface area contributed by atoms with Crippen molar-refractivity contribution in [3.63, 3.8) is 0 Å². The van der Waals surface area contributed by atoms with Crippen LogP contribution in [0.1, 0.15) is 6.92 Å². The van der Waals surface area contributed by atoms with Gasteiger partial charge in [-0.2, -0.15) is 0 Å². The standard InChI is InChI=1S/C9H11NO2/c1-3-5-6-10-8(4-2)7-12-9(10)11/h4,8H,2,6-7H2,1H3/t8-/m0/s1. The number of cyclic esters (lactones) is 1. The minimum atomic E-state index is -0.303. The molecular weight excluding hydrogens is 154 g/mol. The second-order valence-corrected chi connectivity index (χ2v) is 2.43. The lowest BCUT2D eigenvalue weighted by molar-refractivity contribution is 0.161. The van der Waals surface area contributed by atoms with Crippen molar-refractivity contribution in [1.82, 2.24) is 4.90 Å². The third kappa shape index (κ3) is 1.59. The molecule has 0 aliphatic carbocycles. The first kappa shape index (κ1) is 8.66. The zero-order valence-corrected chi connectivity index (χ0v) is 7.04. The van der Waals surface area contributed by atoms with Gasteiger partial charge < -0.3 is 4.74 Å². The number of rotatable bonds is 2. The maximum atomic E-state index is 11.0. The van der Waals surface area contributed by atoms with Crippen molar-refractivity contribution in [3.8, 4) is 11.8 Å². The van der Waals surface area contributed by atoms with Crippen molar-refractivity contribution in [2.45, 2.75) is 13.0 Å². The van der Waals surface area contributed by atoms with Crippen LogP contribution >= 0.6 is 0 Å². The van der Waals surface area contributed by atoms with E-state index in [4.69, 9.17) is 4.74 Å². The molecule has 0 radical (unpaired) electrons. The van der Waals surface area contributed by atoms with Crippen LogP contribution < -0.4 is 0 Å². The van der Waals surface area contributed by atoms with Crippen molar-refractivity contribution in [2.24, 2.45) is 0 Å². The first-order valence-electron chi connectivity index (χ1n) is 3.75. The van der Waals surface area contributed by atoms with E-state index in [-0.39, 0.29) is 12.1 Å². The Morgan fingerprint density at radius 3 is 3.25 bits per heavy atom. The minimum absolute atomic E-state index is 0.0154. The van der Waals surface area contributed by atoms with E-state index in [0.717, 1.165) is 0 Å². The number of ether oxygens (including phenoxy) is 1. The maximum absolute atomic E-state index is 11.0. The number of hydrogen-bond acceptors (Lipinski definition) is 2. The minimum Gasteiger partial charge on any atom is -0.447 e. The van der Waals surface area contributed by atoms with Crippen LogP contribution in [0.4, 0.5) is 4.79 Å². The highest BCUT2D eigenvalue weighted by Crippen LogP contribution is 2.11. The van der Waals surface area contributed by atoms with E-state index in [1.165, 1.54) is 0 Å². The number of nitrogens with zero attached hydrogens (tertiary/aromatic N) is 1. The fraction of sp³-hybridized carbons (Fsp3) is 0.444. The Morgan fingerprint density at radius 1 is 1.92 bits per heavy atom. The Balaban J connectivity index is 2.61. The third-order valence-corrected chi connectivity index (χ3v) is 1.71. The molecule has 0 aromatic carbocycles. The summed E-state index contributed by atoms with van der Waals surface area (Å²) < 4.78 is 4.81. The molecule has 0 aromatic heterocycles. The van der Waals surface area contributed by atoms with Gasteiger partial charge in [0.05, 0.1) is 12.6 Å². The number of hydrogen-bond donors (Lipinski definition) is 0. The van der Waals surface area contributed by atoms with Crippen LogP contribution in [0.15, 0.2) is 12.7 Å². The Labute approximate surface area is 72.0 Å². The van der Waals surface area contributed by atoms with Gasteiger partial charge in [0, 0.05) is 0 Å². The number of amides is 1. The van der Waals surface area contributed by atoms with Crippen LogP contribution in [0.3, 0.4) is 0 Å². The highest BCUT2D eigenvalue weighted by atomic mass is 16.6. The van der Waals surface area contributed by atoms with Gasteiger partial charge in [-0.05, 0) is 6.92 Å². The summed E-state index contributed by atoms with van der Waals surface area (Å²) in [6.07, 6.45) is 1.39. The predicted octanol–water partition coefficient (Wildman–Crippen LogP) is 1.02. The molecule has 64 valence electrons. The molecule has 12 heavy (non-hydrogen) atoms. The van der Waals surface area contributed by atoms with Crippen molar-refractivity contribution in [3.05, 3.63) is 12.7 Å². The number of carbonyl (C=O) groups excluding carboxylic acids is 1. The lowest BCUT2D eigenvalue weighted by atomic mass is 10.3. The van der Waals surface area contributed by atoms with Gasteiger partial charge in [-0.1, -0.05) is 12.0 Å². The third-order valence-electron chi connectivity index (χ3n) is 1.71. The largest absolute Gasteiger partial charge is 0.447 e. The molecule has 1 saturated heterocycles. The van der Waals surface area contributed by atoms with E-state index in [0.29, 0.717) is 13.2 Å². The van der Waals surface area contributed by atoms with Crippen LogP contribution in [-0.2, 0) is 4.74 Å². The Bertz CT molecular complexity index is 249. The molecule has 3 heteroatoms. The lowest BCUT2D eigenvalue weighted by Gasteiger charge is -2.14. The predicted molar refractivity (Wildman–Crippen MR) is 45.5 cm³/mol. The van der Waals surface area contributed by atoms with Gasteiger partial charge in [-0.15, -0.1) is 12.5 Å². The second-order valence-electron chi connectivity index (χ2n) is 2.43. The van der Waals surface area contributed by atoms with E-state index in [1.54, 1.807) is 17.9 Å². The molecule has 1 aliphatic rings. The summed E-state index contributed by atoms with van der Waals surface area (Å²) in [6, 6.07) is -0.0154. The summed E-state index contributed by atoms with van der Waals surface area (Å²) in [7, 11) is 0. The molecule has 0 N–H and O–H groups in total. The number of carbonyl (C=O) groups is 1. The fourth-order valence-corrected chi connectivity index (χ4v) is 1.01. The van der Waals surface area contributed by atoms with Crippen molar-refractivity contribution >= 4 is 6.09 Å². The first-order chi connectivity index (χ1) is 5.79. The van der Waals surface area contributed by atoms with Crippen molar-refractivity contribution in [1.29, 1.82) is 0 Å². The van der Waals surface area contributed by atoms with Gasteiger partial charge in [0.1, 0.15) is 6.61 Å². The van der Waals surface area contributed by atoms with Gasteiger partial charge in [-0.3, -0.25) is 4.90 Å². The average molecular weight is 165 g/mol. The van der Waals surface area contributed by atoms with Gasteiger partial charge in [0.2, 0.25) is 0 Å². The summed E-state index contributed by atoms with van der Waals surface area (Å²) >= 11 is 0. The molecule has 0 aromatic rings. The van der Waals surface area contributed by atoms with Gasteiger partial charge in [-0.25, -0.2) is 4.79 Å². The molecule has 1 fully saturated rings. The van der Waals surface area contributed by atoms with Crippen molar-refractivity contribution < 1.29 is 9.53 Å². The van der Waals surface area contributed by atoms with E-state index < -0.39 is 0 Å². The Hall–Kier alpha value is -1.43. The first-order valence-corrected chi connectivity index (χ1v) is 3.75. The normalized spacial score (nSPS) is 21.2. The monoisotopic (exact) mass is 165 g/mol. The molecule has 3 nitrogen and oxygen atoms in total. The van der Waals surface area contributed by atoms with Crippen LogP contribution in [0.2, 0.25) is 0 Å². The zero-order valence-electron chi connectivity index (χ0n) is 7.04. The van der Waals surface area contributed by atoms with Crippen molar-refractivity contribution in [2.75, 3.05) is 13.2 Å². The molecule has 1 rings (SSSR count). The molecule has 0 spiro atoms. The van der Waals surface area contributed by atoms with Crippen LogP contribution in [0, 0.1) is 11.8 Å². The summed E-state index contributed by atoms with van der Waals surface area (Å²) in [5.41, 5.74) is 0. The lowest BCUT2D eigenvalue weighted by Crippen LogP contribution is -2.32. The maximum Gasteiger partial charge on any atom is 0.411 e. The van der Waals surface area contributed by atoms with Crippen LogP contribution in [0.25, 0.3) is 0 Å². The molecule has 1 aliphatic heterocycles. The summed E-state index contributed by atoms with van der Waals surface area (Å²) in [5.74, 6) is 5.54. The Kier molecular flexibility index (Phi) is 2.76. The van der Waals surface area contributed by atoms with Gasteiger partial charge in [0.15, 0.2) is 0 Å². The van der Waals surface area contributed by atoms with E-state index in [9.17, 15) is 4.79 Å². The van der Waals surface area contributed by atoms with Gasteiger partial charge in [0.25, 0.3) is 0 Å². The average Bonchev–Trinajstić information content (AvgIpc) is 2.43. The summed E-state index contributed by atoms with van der Waals surface area (Å²) in [6.45, 7) is 6.17. The molecule has 0 bridgehead atoms. The highest BCUT2D eigenvalue weighted by molar-refractivity contribution is 5.70. The second kappa shape index (κ2) is 3.82. The topological polar surface area (TPSA) is 29.5 Å². The zero-order chi connectivity index (χ0) is 8.97. The Morgan fingerprint density at radius 2 is 2.67 bits per heavy atom. The molecular formula is C9H11NO2. The summed E-state index contributed by atoms with van der Waals surface area (Å²) in [5, 5.41) is 0. The summed E-state index contributed by atoms with van der Waals surface area (Å²) in [4.78, 5) is 12.6. The quantitative estimate of drug-likeness (QED) is 0.451. The van der Waals surface area contributed by atoms with E-state index >= 15 is 0 Å². The molecule has 1 atom stereocenters. The SMILES string of the molecule is C=C[C@H]1COC(=O)N1CC#CC. The molecule has 0 saturated carbocycles. The smallest absolute Gasteiger partial charge is 0.411 e. The fourth-order valence-electron chi connectivity index (χ4n) is 1.01. The highest BCUT2D eigenvalue weighted by Gasteiger charge is 2.29.